The van der Waals surface area contributed by atoms with Crippen LogP contribution in [0.2, 0.25) is 10.0 Å². The third kappa shape index (κ3) is 3.62. The minimum atomic E-state index is -1.02. The number of benzene rings is 1. The molecule has 0 heterocycles. The topological polar surface area (TPSA) is 69.9 Å². The van der Waals surface area contributed by atoms with Crippen LogP contribution in [0.1, 0.15) is 19.4 Å². The van der Waals surface area contributed by atoms with E-state index in [0.717, 1.165) is 0 Å². The van der Waals surface area contributed by atoms with Gasteiger partial charge in [0.15, 0.2) is 0 Å². The van der Waals surface area contributed by atoms with Gasteiger partial charge in [0, 0.05) is 16.8 Å². The van der Waals surface area contributed by atoms with E-state index in [4.69, 9.17) is 28.3 Å². The summed E-state index contributed by atoms with van der Waals surface area (Å²) in [7, 11) is 0. The van der Waals surface area contributed by atoms with E-state index >= 15 is 0 Å². The molecular weight excluding hydrogens is 277 g/mol. The Hall–Kier alpha value is -1.26. The molecule has 6 heteroatoms. The lowest BCUT2D eigenvalue weighted by molar-refractivity contribution is -0.139. The molecule has 0 bridgehead atoms. The van der Waals surface area contributed by atoms with E-state index in [-0.39, 0.29) is 16.7 Å². The summed E-state index contributed by atoms with van der Waals surface area (Å²) in [6.07, 6.45) is 1.27. The highest BCUT2D eigenvalue weighted by Crippen LogP contribution is 2.30. The Bertz CT molecular complexity index is 486. The summed E-state index contributed by atoms with van der Waals surface area (Å²) >= 11 is 11.5. The molecule has 1 aromatic rings. The summed E-state index contributed by atoms with van der Waals surface area (Å²) in [5, 5.41) is 19.1. The SMILES string of the molecule is CC(C)[C@H](N=Cc1cc(Cl)cc(Cl)c1O)C(=O)O. The van der Waals surface area contributed by atoms with E-state index in [1.165, 1.54) is 18.3 Å². The molecule has 0 aliphatic rings. The first-order valence-electron chi connectivity index (χ1n) is 5.27. The second-order valence-electron chi connectivity index (χ2n) is 4.13. The van der Waals surface area contributed by atoms with Gasteiger partial charge in [-0.1, -0.05) is 37.0 Å². The van der Waals surface area contributed by atoms with Gasteiger partial charge in [-0.25, -0.2) is 4.79 Å². The van der Waals surface area contributed by atoms with Crippen molar-refractivity contribution >= 4 is 35.4 Å². The molecule has 0 fully saturated rings. The number of rotatable bonds is 4. The molecule has 2 N–H and O–H groups in total. The molecule has 0 radical (unpaired) electrons. The van der Waals surface area contributed by atoms with Crippen LogP contribution in [0.15, 0.2) is 17.1 Å². The van der Waals surface area contributed by atoms with Crippen LogP contribution in [0.25, 0.3) is 0 Å². The molecule has 18 heavy (non-hydrogen) atoms. The summed E-state index contributed by atoms with van der Waals surface area (Å²) in [5.41, 5.74) is 0.291. The summed E-state index contributed by atoms with van der Waals surface area (Å²) in [5.74, 6) is -1.35. The number of aliphatic carboxylic acids is 1. The van der Waals surface area contributed by atoms with E-state index in [1.807, 2.05) is 0 Å². The Balaban J connectivity index is 3.06. The van der Waals surface area contributed by atoms with Crippen LogP contribution in [0, 0.1) is 5.92 Å². The number of carboxylic acids is 1. The van der Waals surface area contributed by atoms with Crippen LogP contribution in [0.3, 0.4) is 0 Å². The molecule has 98 valence electrons. The molecule has 0 aromatic heterocycles. The first-order valence-corrected chi connectivity index (χ1v) is 6.02. The van der Waals surface area contributed by atoms with Gasteiger partial charge in [-0.05, 0) is 18.1 Å². The predicted octanol–water partition coefficient (Wildman–Crippen LogP) is 3.23. The maximum absolute atomic E-state index is 11.0. The molecule has 0 spiro atoms. The van der Waals surface area contributed by atoms with Crippen LogP contribution >= 0.6 is 23.2 Å². The van der Waals surface area contributed by atoms with Crippen LogP contribution in [-0.2, 0) is 4.79 Å². The highest BCUT2D eigenvalue weighted by Gasteiger charge is 2.19. The fraction of sp³-hybridized carbons (Fsp3) is 0.333. The van der Waals surface area contributed by atoms with E-state index in [1.54, 1.807) is 13.8 Å². The summed E-state index contributed by atoms with van der Waals surface area (Å²) < 4.78 is 0. The number of hydrogen-bond acceptors (Lipinski definition) is 3. The third-order valence-electron chi connectivity index (χ3n) is 2.32. The maximum Gasteiger partial charge on any atom is 0.328 e. The van der Waals surface area contributed by atoms with Gasteiger partial charge in [0.05, 0.1) is 5.02 Å². The van der Waals surface area contributed by atoms with Crippen molar-refractivity contribution in [3.63, 3.8) is 0 Å². The van der Waals surface area contributed by atoms with Crippen LogP contribution in [0.5, 0.6) is 5.75 Å². The lowest BCUT2D eigenvalue weighted by Crippen LogP contribution is -2.24. The van der Waals surface area contributed by atoms with Crippen molar-refractivity contribution in [1.82, 2.24) is 0 Å². The minimum Gasteiger partial charge on any atom is -0.506 e. The van der Waals surface area contributed by atoms with Crippen molar-refractivity contribution in [2.75, 3.05) is 0 Å². The van der Waals surface area contributed by atoms with Crippen LogP contribution in [0.4, 0.5) is 0 Å². The monoisotopic (exact) mass is 289 g/mol. The number of phenolic OH excluding ortho intramolecular Hbond substituents is 1. The fourth-order valence-corrected chi connectivity index (χ4v) is 1.88. The standard InChI is InChI=1S/C12H13Cl2NO3/c1-6(2)10(12(17)18)15-5-7-3-8(13)4-9(14)11(7)16/h3-6,10,16H,1-2H3,(H,17,18)/t10-/m0/s1. The molecule has 1 rings (SSSR count). The average molecular weight is 290 g/mol. The zero-order chi connectivity index (χ0) is 13.9. The van der Waals surface area contributed by atoms with Crippen molar-refractivity contribution in [2.24, 2.45) is 10.9 Å². The number of carboxylic acid groups (broad SMARTS) is 1. The molecule has 0 amide bonds. The van der Waals surface area contributed by atoms with Gasteiger partial charge in [0.1, 0.15) is 11.8 Å². The maximum atomic E-state index is 11.0. The van der Waals surface area contributed by atoms with Gasteiger partial charge >= 0.3 is 5.97 Å². The molecule has 0 aliphatic heterocycles. The molecule has 0 saturated carbocycles. The zero-order valence-corrected chi connectivity index (χ0v) is 11.4. The lowest BCUT2D eigenvalue weighted by atomic mass is 10.1. The highest BCUT2D eigenvalue weighted by atomic mass is 35.5. The predicted molar refractivity (Wildman–Crippen MR) is 72.0 cm³/mol. The third-order valence-corrected chi connectivity index (χ3v) is 2.82. The number of halogens is 2. The van der Waals surface area contributed by atoms with Gasteiger partial charge in [-0.3, -0.25) is 4.99 Å². The summed E-state index contributed by atoms with van der Waals surface area (Å²) in [4.78, 5) is 14.9. The Morgan fingerprint density at radius 3 is 2.50 bits per heavy atom. The zero-order valence-electron chi connectivity index (χ0n) is 9.89. The minimum absolute atomic E-state index is 0.0976. The molecule has 1 aromatic carbocycles. The van der Waals surface area contributed by atoms with E-state index in [2.05, 4.69) is 4.99 Å². The second kappa shape index (κ2) is 6.07. The number of aliphatic imine (C=N–C) groups is 1. The van der Waals surface area contributed by atoms with E-state index in [9.17, 15) is 9.90 Å². The molecular formula is C12H13Cl2NO3. The van der Waals surface area contributed by atoms with Crippen molar-refractivity contribution in [1.29, 1.82) is 0 Å². The smallest absolute Gasteiger partial charge is 0.328 e. The fourth-order valence-electron chi connectivity index (χ4n) is 1.37. The lowest BCUT2D eigenvalue weighted by Gasteiger charge is -2.11. The van der Waals surface area contributed by atoms with Crippen molar-refractivity contribution < 1.29 is 15.0 Å². The number of phenols is 1. The number of hydrogen-bond donors (Lipinski definition) is 2. The molecule has 0 aliphatic carbocycles. The van der Waals surface area contributed by atoms with Crippen LogP contribution in [-0.4, -0.2) is 28.4 Å². The first kappa shape index (κ1) is 14.8. The summed E-state index contributed by atoms with van der Waals surface area (Å²) in [6.45, 7) is 3.50. The summed E-state index contributed by atoms with van der Waals surface area (Å²) in [6, 6.07) is 1.99. The van der Waals surface area contributed by atoms with Crippen molar-refractivity contribution in [3.05, 3.63) is 27.7 Å². The Labute approximate surface area is 115 Å². The van der Waals surface area contributed by atoms with Gasteiger partial charge in [-0.15, -0.1) is 0 Å². The quantitative estimate of drug-likeness (QED) is 0.836. The van der Waals surface area contributed by atoms with Crippen molar-refractivity contribution in [3.8, 4) is 5.75 Å². The van der Waals surface area contributed by atoms with Gasteiger partial charge in [0.2, 0.25) is 0 Å². The largest absolute Gasteiger partial charge is 0.506 e. The molecule has 4 nitrogen and oxygen atoms in total. The number of nitrogens with zero attached hydrogens (tertiary/aromatic N) is 1. The first-order chi connectivity index (χ1) is 8.32. The van der Waals surface area contributed by atoms with Gasteiger partial charge in [-0.2, -0.15) is 0 Å². The number of aromatic hydroxyl groups is 1. The Morgan fingerprint density at radius 2 is 2.00 bits per heavy atom. The Morgan fingerprint density at radius 1 is 1.39 bits per heavy atom. The van der Waals surface area contributed by atoms with E-state index < -0.39 is 12.0 Å². The van der Waals surface area contributed by atoms with Crippen LogP contribution < -0.4 is 0 Å². The Kier molecular flexibility index (Phi) is 4.99. The normalized spacial score (nSPS) is 13.2. The van der Waals surface area contributed by atoms with Crippen molar-refractivity contribution in [2.45, 2.75) is 19.9 Å². The second-order valence-corrected chi connectivity index (χ2v) is 4.97. The molecule has 0 unspecified atom stereocenters. The van der Waals surface area contributed by atoms with E-state index in [0.29, 0.717) is 10.6 Å². The average Bonchev–Trinajstić information content (AvgIpc) is 2.23. The number of carbonyl (C=O) groups is 1. The molecule has 1 atom stereocenters. The highest BCUT2D eigenvalue weighted by molar-refractivity contribution is 6.36. The van der Waals surface area contributed by atoms with Gasteiger partial charge < -0.3 is 10.2 Å². The van der Waals surface area contributed by atoms with Gasteiger partial charge in [0.25, 0.3) is 0 Å². The molecule has 0 saturated heterocycles.